The highest BCUT2D eigenvalue weighted by Gasteiger charge is 2.08. The molecule has 18 heavy (non-hydrogen) atoms. The Kier molecular flexibility index (Phi) is 3.47. The van der Waals surface area contributed by atoms with E-state index in [-0.39, 0.29) is 5.84 Å². The molecule has 0 aliphatic carbocycles. The molecular weight excluding hydrogens is 252 g/mol. The van der Waals surface area contributed by atoms with Crippen molar-refractivity contribution in [1.29, 1.82) is 0 Å². The molecule has 0 amide bonds. The van der Waals surface area contributed by atoms with E-state index in [1.54, 1.807) is 18.3 Å². The molecule has 0 aliphatic rings. The zero-order valence-corrected chi connectivity index (χ0v) is 10.7. The average Bonchev–Trinajstić information content (AvgIpc) is 2.71. The average molecular weight is 264 g/mol. The van der Waals surface area contributed by atoms with Crippen molar-refractivity contribution >= 4 is 17.6 Å². The lowest BCUT2D eigenvalue weighted by atomic mass is 10.3. The monoisotopic (exact) mass is 264 g/mol. The van der Waals surface area contributed by atoms with Crippen molar-refractivity contribution in [1.82, 2.24) is 19.7 Å². The Hall–Kier alpha value is -2.09. The second kappa shape index (κ2) is 5.05. The summed E-state index contributed by atoms with van der Waals surface area (Å²) in [5, 5.41) is 21.0. The zero-order valence-electron chi connectivity index (χ0n) is 9.90. The van der Waals surface area contributed by atoms with Crippen LogP contribution in [0.15, 0.2) is 33.7 Å². The van der Waals surface area contributed by atoms with Crippen LogP contribution in [0.4, 0.5) is 0 Å². The Labute approximate surface area is 108 Å². The normalized spacial score (nSPS) is 11.8. The van der Waals surface area contributed by atoms with Crippen molar-refractivity contribution in [3.63, 3.8) is 0 Å². The summed E-state index contributed by atoms with van der Waals surface area (Å²) in [5.74, 6) is 0.874. The van der Waals surface area contributed by atoms with Gasteiger partial charge in [0, 0.05) is 18.8 Å². The molecule has 0 fully saturated rings. The van der Waals surface area contributed by atoms with Gasteiger partial charge in [0.1, 0.15) is 10.9 Å². The van der Waals surface area contributed by atoms with Gasteiger partial charge in [-0.15, -0.1) is 10.2 Å². The second-order valence-corrected chi connectivity index (χ2v) is 4.55. The molecule has 0 saturated carbocycles. The van der Waals surface area contributed by atoms with E-state index in [0.29, 0.717) is 5.56 Å². The van der Waals surface area contributed by atoms with Gasteiger partial charge >= 0.3 is 0 Å². The molecule has 0 unspecified atom stereocenters. The molecule has 0 spiro atoms. The van der Waals surface area contributed by atoms with Crippen LogP contribution in [0.2, 0.25) is 0 Å². The van der Waals surface area contributed by atoms with E-state index in [4.69, 9.17) is 10.9 Å². The summed E-state index contributed by atoms with van der Waals surface area (Å²) in [4.78, 5) is 4.20. The summed E-state index contributed by atoms with van der Waals surface area (Å²) >= 11 is 1.40. The van der Waals surface area contributed by atoms with Crippen molar-refractivity contribution in [2.24, 2.45) is 17.9 Å². The van der Waals surface area contributed by atoms with Gasteiger partial charge in [0.2, 0.25) is 0 Å². The number of hydrogen-bond donors (Lipinski definition) is 2. The Morgan fingerprint density at radius 1 is 1.44 bits per heavy atom. The molecule has 0 aromatic carbocycles. The minimum Gasteiger partial charge on any atom is -0.409 e. The maximum Gasteiger partial charge on any atom is 0.197 e. The van der Waals surface area contributed by atoms with E-state index in [2.05, 4.69) is 20.3 Å². The van der Waals surface area contributed by atoms with Gasteiger partial charge in [-0.25, -0.2) is 4.98 Å². The van der Waals surface area contributed by atoms with Gasteiger partial charge in [-0.1, -0.05) is 5.16 Å². The molecule has 94 valence electrons. The van der Waals surface area contributed by atoms with Crippen LogP contribution in [0.1, 0.15) is 11.4 Å². The smallest absolute Gasteiger partial charge is 0.197 e. The van der Waals surface area contributed by atoms with Gasteiger partial charge in [-0.05, 0) is 30.8 Å². The molecule has 0 atom stereocenters. The number of amidine groups is 1. The molecule has 3 N–H and O–H groups in total. The molecule has 7 nitrogen and oxygen atoms in total. The predicted octanol–water partition coefficient (Wildman–Crippen LogP) is 0.764. The molecule has 8 heteroatoms. The molecule has 2 heterocycles. The van der Waals surface area contributed by atoms with Gasteiger partial charge < -0.3 is 15.5 Å². The minimum atomic E-state index is 0.0357. The third kappa shape index (κ3) is 2.43. The first-order chi connectivity index (χ1) is 8.61. The summed E-state index contributed by atoms with van der Waals surface area (Å²) in [6.45, 7) is 1.88. The SMILES string of the molecule is Cc1nnc(Sc2ccc(C(N)=NO)cn2)n1C. The number of pyridine rings is 1. The fourth-order valence-electron chi connectivity index (χ4n) is 1.22. The second-order valence-electron chi connectivity index (χ2n) is 3.56. The van der Waals surface area contributed by atoms with Crippen molar-refractivity contribution < 1.29 is 5.21 Å². The Balaban J connectivity index is 2.18. The third-order valence-corrected chi connectivity index (χ3v) is 3.38. The highest BCUT2D eigenvalue weighted by atomic mass is 32.2. The van der Waals surface area contributed by atoms with Crippen molar-refractivity contribution in [3.8, 4) is 0 Å². The summed E-state index contributed by atoms with van der Waals surface area (Å²) in [6.07, 6.45) is 1.54. The lowest BCUT2D eigenvalue weighted by Crippen LogP contribution is -2.13. The highest BCUT2D eigenvalue weighted by Crippen LogP contribution is 2.23. The van der Waals surface area contributed by atoms with E-state index >= 15 is 0 Å². The Morgan fingerprint density at radius 2 is 2.22 bits per heavy atom. The molecule has 2 aromatic heterocycles. The van der Waals surface area contributed by atoms with E-state index < -0.39 is 0 Å². The number of nitrogens with two attached hydrogens (primary N) is 1. The molecule has 0 radical (unpaired) electrons. The molecular formula is C10H12N6OS. The topological polar surface area (TPSA) is 102 Å². The van der Waals surface area contributed by atoms with Gasteiger partial charge in [0.05, 0.1) is 0 Å². The molecule has 0 bridgehead atoms. The van der Waals surface area contributed by atoms with E-state index in [1.807, 2.05) is 18.5 Å². The van der Waals surface area contributed by atoms with Crippen LogP contribution in [0.3, 0.4) is 0 Å². The maximum atomic E-state index is 8.54. The first-order valence-electron chi connectivity index (χ1n) is 5.09. The van der Waals surface area contributed by atoms with Gasteiger partial charge in [0.25, 0.3) is 0 Å². The highest BCUT2D eigenvalue weighted by molar-refractivity contribution is 7.99. The van der Waals surface area contributed by atoms with Crippen LogP contribution < -0.4 is 5.73 Å². The molecule has 0 saturated heterocycles. The largest absolute Gasteiger partial charge is 0.409 e. The Bertz CT molecular complexity index is 577. The van der Waals surface area contributed by atoms with Crippen LogP contribution in [-0.4, -0.2) is 30.8 Å². The summed E-state index contributed by atoms with van der Waals surface area (Å²) in [6, 6.07) is 3.51. The number of rotatable bonds is 3. The maximum absolute atomic E-state index is 8.54. The van der Waals surface area contributed by atoms with Crippen LogP contribution in [0.25, 0.3) is 0 Å². The Morgan fingerprint density at radius 3 is 2.72 bits per heavy atom. The molecule has 2 rings (SSSR count). The summed E-state index contributed by atoms with van der Waals surface area (Å²) in [5.41, 5.74) is 6.02. The summed E-state index contributed by atoms with van der Waals surface area (Å²) in [7, 11) is 1.89. The standard InChI is InChI=1S/C10H12N6OS/c1-6-13-14-10(16(6)2)18-8-4-3-7(5-12-8)9(11)15-17/h3-5,17H,1-2H3,(H2,11,15). The van der Waals surface area contributed by atoms with Gasteiger partial charge in [-0.2, -0.15) is 0 Å². The zero-order chi connectivity index (χ0) is 13.1. The molecule has 0 aliphatic heterocycles. The van der Waals surface area contributed by atoms with E-state index in [9.17, 15) is 0 Å². The first-order valence-corrected chi connectivity index (χ1v) is 5.91. The van der Waals surface area contributed by atoms with Crippen LogP contribution >= 0.6 is 11.8 Å². The molecule has 2 aromatic rings. The quantitative estimate of drug-likeness (QED) is 0.367. The predicted molar refractivity (Wildman–Crippen MR) is 66.6 cm³/mol. The number of aromatic nitrogens is 4. The third-order valence-electron chi connectivity index (χ3n) is 2.39. The van der Waals surface area contributed by atoms with Crippen molar-refractivity contribution in [3.05, 3.63) is 29.7 Å². The number of hydrogen-bond acceptors (Lipinski definition) is 6. The van der Waals surface area contributed by atoms with Crippen molar-refractivity contribution in [2.75, 3.05) is 0 Å². The lowest BCUT2D eigenvalue weighted by Gasteiger charge is -2.02. The fourth-order valence-corrected chi connectivity index (χ4v) is 2.00. The lowest BCUT2D eigenvalue weighted by molar-refractivity contribution is 0.318. The van der Waals surface area contributed by atoms with Crippen LogP contribution in [-0.2, 0) is 7.05 Å². The van der Waals surface area contributed by atoms with Crippen LogP contribution in [0, 0.1) is 6.92 Å². The minimum absolute atomic E-state index is 0.0357. The van der Waals surface area contributed by atoms with Crippen molar-refractivity contribution in [2.45, 2.75) is 17.1 Å². The van der Waals surface area contributed by atoms with E-state index in [0.717, 1.165) is 16.0 Å². The fraction of sp³-hybridized carbons (Fsp3) is 0.200. The number of nitrogens with zero attached hydrogens (tertiary/aromatic N) is 5. The number of oxime groups is 1. The first kappa shape index (κ1) is 12.4. The number of aryl methyl sites for hydroxylation is 1. The van der Waals surface area contributed by atoms with E-state index in [1.165, 1.54) is 11.8 Å². The van der Waals surface area contributed by atoms with Gasteiger partial charge in [-0.3, -0.25) is 0 Å². The van der Waals surface area contributed by atoms with Crippen LogP contribution in [0.5, 0.6) is 0 Å². The van der Waals surface area contributed by atoms with Gasteiger partial charge in [0.15, 0.2) is 11.0 Å². The summed E-state index contributed by atoms with van der Waals surface area (Å²) < 4.78 is 1.88.